The van der Waals surface area contributed by atoms with E-state index < -0.39 is 10.5 Å². The molecule has 2 atom stereocenters. The van der Waals surface area contributed by atoms with Crippen molar-refractivity contribution in [1.82, 2.24) is 0 Å². The van der Waals surface area contributed by atoms with E-state index in [1.807, 2.05) is 72.8 Å². The number of fused-ring (bicyclic) bond motifs is 2. The fourth-order valence-corrected chi connectivity index (χ4v) is 4.54. The van der Waals surface area contributed by atoms with Gasteiger partial charge in [0.2, 0.25) is 10.5 Å². The fraction of sp³-hybridized carbons (Fsp3) is 0.154. The lowest BCUT2D eigenvalue weighted by atomic mass is 9.77. The minimum Gasteiger partial charge on any atom is -0.281 e. The summed E-state index contributed by atoms with van der Waals surface area (Å²) in [6, 6.07) is 28.4. The molecule has 0 spiro atoms. The summed E-state index contributed by atoms with van der Waals surface area (Å²) in [5.74, 6) is -0.521. The number of hydrogen-bond acceptors (Lipinski definition) is 2. The minimum atomic E-state index is -0.430. The van der Waals surface area contributed by atoms with E-state index in [4.69, 9.17) is 23.2 Å². The van der Waals surface area contributed by atoms with Gasteiger partial charge in [0.1, 0.15) is 0 Å². The molecule has 0 heterocycles. The predicted molar refractivity (Wildman–Crippen MR) is 124 cm³/mol. The molecule has 0 amide bonds. The highest BCUT2D eigenvalue weighted by molar-refractivity contribution is 6.64. The molecule has 0 fully saturated rings. The maximum absolute atomic E-state index is 12.0. The highest BCUT2D eigenvalue weighted by Crippen LogP contribution is 2.41. The zero-order chi connectivity index (χ0) is 21.1. The van der Waals surface area contributed by atoms with Gasteiger partial charge in [-0.15, -0.1) is 0 Å². The third kappa shape index (κ3) is 4.56. The molecule has 2 nitrogen and oxygen atoms in total. The molecule has 0 aliphatic rings. The van der Waals surface area contributed by atoms with Gasteiger partial charge < -0.3 is 0 Å². The van der Waals surface area contributed by atoms with Crippen LogP contribution in [0.5, 0.6) is 0 Å². The molecule has 0 radical (unpaired) electrons. The molecule has 0 saturated carbocycles. The maximum atomic E-state index is 12.0. The second-order valence-corrected chi connectivity index (χ2v) is 8.39. The summed E-state index contributed by atoms with van der Waals surface area (Å²) in [4.78, 5) is 23.9. The predicted octanol–water partition coefficient (Wildman–Crippen LogP) is 7.17. The monoisotopic (exact) mass is 434 g/mol. The largest absolute Gasteiger partial charge is 0.281 e. The van der Waals surface area contributed by atoms with E-state index >= 15 is 0 Å². The van der Waals surface area contributed by atoms with Crippen molar-refractivity contribution in [1.29, 1.82) is 0 Å². The number of hydrogen-bond donors (Lipinski definition) is 0. The van der Waals surface area contributed by atoms with Gasteiger partial charge in [0.15, 0.2) is 0 Å². The summed E-state index contributed by atoms with van der Waals surface area (Å²) in [6.45, 7) is 0. The van der Waals surface area contributed by atoms with Gasteiger partial charge >= 0.3 is 0 Å². The van der Waals surface area contributed by atoms with Crippen molar-refractivity contribution in [3.63, 3.8) is 0 Å². The van der Waals surface area contributed by atoms with E-state index in [2.05, 4.69) is 12.1 Å². The average Bonchev–Trinajstić information content (AvgIpc) is 2.75. The lowest BCUT2D eigenvalue weighted by molar-refractivity contribution is -0.114. The van der Waals surface area contributed by atoms with Crippen LogP contribution in [-0.4, -0.2) is 10.5 Å². The van der Waals surface area contributed by atoms with E-state index in [9.17, 15) is 9.59 Å². The topological polar surface area (TPSA) is 34.1 Å². The number of halogens is 2. The van der Waals surface area contributed by atoms with Gasteiger partial charge in [-0.05, 0) is 67.7 Å². The third-order valence-electron chi connectivity index (χ3n) is 5.65. The summed E-state index contributed by atoms with van der Waals surface area (Å²) < 4.78 is 0. The zero-order valence-corrected chi connectivity index (χ0v) is 17.7. The van der Waals surface area contributed by atoms with Crippen molar-refractivity contribution in [2.24, 2.45) is 0 Å². The highest BCUT2D eigenvalue weighted by atomic mass is 35.5. The van der Waals surface area contributed by atoms with E-state index in [1.54, 1.807) is 0 Å². The van der Waals surface area contributed by atoms with Crippen LogP contribution in [0.25, 0.3) is 21.5 Å². The molecular weight excluding hydrogens is 415 g/mol. The number of carbonyl (C=O) groups is 2. The molecule has 0 aromatic heterocycles. The van der Waals surface area contributed by atoms with Crippen LogP contribution >= 0.6 is 23.2 Å². The number of rotatable bonds is 7. The average molecular weight is 435 g/mol. The number of benzene rings is 4. The second kappa shape index (κ2) is 8.99. The quantitative estimate of drug-likeness (QED) is 0.288. The summed E-state index contributed by atoms with van der Waals surface area (Å²) >= 11 is 11.7. The Morgan fingerprint density at radius 2 is 0.933 bits per heavy atom. The Morgan fingerprint density at radius 1 is 0.567 bits per heavy atom. The van der Waals surface area contributed by atoms with E-state index in [-0.39, 0.29) is 24.7 Å². The van der Waals surface area contributed by atoms with Crippen LogP contribution in [0, 0.1) is 0 Å². The van der Waals surface area contributed by atoms with Crippen molar-refractivity contribution in [2.45, 2.75) is 24.7 Å². The summed E-state index contributed by atoms with van der Waals surface area (Å²) in [7, 11) is 0. The van der Waals surface area contributed by atoms with E-state index in [1.165, 1.54) is 0 Å². The Morgan fingerprint density at radius 3 is 1.30 bits per heavy atom. The van der Waals surface area contributed by atoms with Crippen LogP contribution < -0.4 is 0 Å². The Balaban J connectivity index is 1.84. The van der Waals surface area contributed by atoms with E-state index in [0.29, 0.717) is 0 Å². The third-order valence-corrected chi connectivity index (χ3v) is 5.96. The molecule has 4 aromatic carbocycles. The lowest BCUT2D eigenvalue weighted by Crippen LogP contribution is -2.16. The molecule has 30 heavy (non-hydrogen) atoms. The highest BCUT2D eigenvalue weighted by Gasteiger charge is 2.29. The molecule has 0 aliphatic carbocycles. The van der Waals surface area contributed by atoms with Gasteiger partial charge in [-0.3, -0.25) is 9.59 Å². The second-order valence-electron chi connectivity index (χ2n) is 7.54. The van der Waals surface area contributed by atoms with Gasteiger partial charge in [-0.2, -0.15) is 0 Å². The van der Waals surface area contributed by atoms with Crippen molar-refractivity contribution in [3.05, 3.63) is 96.1 Å². The minimum absolute atomic E-state index is 0.127. The molecule has 0 saturated heterocycles. The fourth-order valence-electron chi connectivity index (χ4n) is 4.21. The van der Waals surface area contributed by atoms with Crippen LogP contribution in [0.2, 0.25) is 0 Å². The van der Waals surface area contributed by atoms with Gasteiger partial charge in [-0.1, -0.05) is 84.9 Å². The first-order valence-electron chi connectivity index (χ1n) is 9.85. The first kappa shape index (κ1) is 20.6. The van der Waals surface area contributed by atoms with Crippen LogP contribution in [-0.2, 0) is 9.59 Å². The standard InChI is InChI=1S/C26H20Cl2O2/c27-25(29)15-23(21-11-9-17-5-1-3-7-19(17)13-21)24(16-26(28)30)22-12-10-18-6-2-4-8-20(18)14-22/h1-14,23-24H,15-16H2. The van der Waals surface area contributed by atoms with Gasteiger partial charge in [-0.25, -0.2) is 0 Å². The Kier molecular flexibility index (Phi) is 6.17. The smallest absolute Gasteiger partial charge is 0.222 e. The van der Waals surface area contributed by atoms with Crippen LogP contribution in [0.15, 0.2) is 84.9 Å². The number of carbonyl (C=O) groups excluding carboxylic acids is 2. The normalized spacial score (nSPS) is 13.3. The van der Waals surface area contributed by atoms with Crippen molar-refractivity contribution in [3.8, 4) is 0 Å². The van der Waals surface area contributed by atoms with Crippen LogP contribution in [0.4, 0.5) is 0 Å². The van der Waals surface area contributed by atoms with Crippen LogP contribution in [0.1, 0.15) is 35.8 Å². The molecule has 150 valence electrons. The summed E-state index contributed by atoms with van der Waals surface area (Å²) in [5.41, 5.74) is 1.94. The summed E-state index contributed by atoms with van der Waals surface area (Å²) in [5, 5.41) is 3.54. The SMILES string of the molecule is O=C(Cl)CC(c1ccc2ccccc2c1)C(CC(=O)Cl)c1ccc2ccccc2c1. The maximum Gasteiger partial charge on any atom is 0.222 e. The van der Waals surface area contributed by atoms with E-state index in [0.717, 1.165) is 32.7 Å². The zero-order valence-electron chi connectivity index (χ0n) is 16.2. The first-order valence-corrected chi connectivity index (χ1v) is 10.6. The van der Waals surface area contributed by atoms with Crippen molar-refractivity contribution < 1.29 is 9.59 Å². The Labute approximate surface area is 185 Å². The van der Waals surface area contributed by atoms with Gasteiger partial charge in [0, 0.05) is 12.8 Å². The van der Waals surface area contributed by atoms with Gasteiger partial charge in [0.25, 0.3) is 0 Å². The van der Waals surface area contributed by atoms with Crippen molar-refractivity contribution in [2.75, 3.05) is 0 Å². The molecule has 0 bridgehead atoms. The molecule has 4 heteroatoms. The molecule has 0 aliphatic heterocycles. The lowest BCUT2D eigenvalue weighted by Gasteiger charge is -2.27. The Bertz CT molecular complexity index is 1130. The Hall–Kier alpha value is -2.68. The molecule has 0 N–H and O–H groups in total. The summed E-state index contributed by atoms with van der Waals surface area (Å²) in [6.07, 6.45) is 0.253. The molecule has 4 rings (SSSR count). The molecular formula is C26H20Cl2O2. The molecule has 4 aromatic rings. The first-order chi connectivity index (χ1) is 14.5. The van der Waals surface area contributed by atoms with Crippen LogP contribution in [0.3, 0.4) is 0 Å². The van der Waals surface area contributed by atoms with Crippen molar-refractivity contribution >= 4 is 55.2 Å². The van der Waals surface area contributed by atoms with Gasteiger partial charge in [0.05, 0.1) is 0 Å². The molecule has 2 unspecified atom stereocenters.